The van der Waals surface area contributed by atoms with Gasteiger partial charge in [-0.15, -0.1) is 0 Å². The van der Waals surface area contributed by atoms with Crippen LogP contribution in [0.4, 0.5) is 4.39 Å². The molecule has 0 aromatic heterocycles. The predicted molar refractivity (Wildman–Crippen MR) is 67.8 cm³/mol. The third kappa shape index (κ3) is 2.56. The summed E-state index contributed by atoms with van der Waals surface area (Å²) in [5.41, 5.74) is 2.26. The molecule has 3 heteroatoms. The van der Waals surface area contributed by atoms with E-state index in [4.69, 9.17) is 4.74 Å². The maximum atomic E-state index is 13.6. The number of hydrogen-bond acceptors (Lipinski definition) is 2. The van der Waals surface area contributed by atoms with E-state index in [-0.39, 0.29) is 5.75 Å². The van der Waals surface area contributed by atoms with Crippen molar-refractivity contribution in [3.8, 4) is 11.5 Å². The zero-order chi connectivity index (χ0) is 13.1. The maximum absolute atomic E-state index is 13.6. The first kappa shape index (κ1) is 12.3. The van der Waals surface area contributed by atoms with Gasteiger partial charge in [-0.05, 0) is 43.7 Å². The smallest absolute Gasteiger partial charge is 0.165 e. The minimum atomic E-state index is -0.446. The van der Waals surface area contributed by atoms with E-state index < -0.39 is 5.82 Å². The van der Waals surface area contributed by atoms with Crippen molar-refractivity contribution in [2.75, 3.05) is 0 Å². The van der Waals surface area contributed by atoms with E-state index in [0.717, 1.165) is 11.1 Å². The van der Waals surface area contributed by atoms with Gasteiger partial charge in [0.05, 0.1) is 5.56 Å². The number of carbonyl (C=O) groups excluding carboxylic acids is 1. The number of carbonyl (C=O) groups is 1. The molecule has 0 radical (unpaired) electrons. The Morgan fingerprint density at radius 2 is 1.67 bits per heavy atom. The summed E-state index contributed by atoms with van der Waals surface area (Å²) < 4.78 is 19.0. The monoisotopic (exact) mass is 244 g/mol. The zero-order valence-electron chi connectivity index (χ0n) is 10.2. The van der Waals surface area contributed by atoms with Crippen LogP contribution in [0, 0.1) is 19.7 Å². The molecule has 0 aliphatic heterocycles. The molecule has 0 saturated carbocycles. The Bertz CT molecular complexity index is 591. The highest BCUT2D eigenvalue weighted by atomic mass is 19.1. The van der Waals surface area contributed by atoms with Crippen LogP contribution in [0.25, 0.3) is 0 Å². The largest absolute Gasteiger partial charge is 0.454 e. The molecule has 2 aromatic rings. The maximum Gasteiger partial charge on any atom is 0.165 e. The predicted octanol–water partition coefficient (Wildman–Crippen LogP) is 4.05. The molecular weight excluding hydrogens is 231 g/mol. The van der Waals surface area contributed by atoms with E-state index in [9.17, 15) is 9.18 Å². The second-order valence-corrected chi connectivity index (χ2v) is 4.20. The topological polar surface area (TPSA) is 26.3 Å². The first-order chi connectivity index (χ1) is 8.60. The minimum absolute atomic E-state index is 0.127. The number of halogens is 1. The molecule has 0 N–H and O–H groups in total. The van der Waals surface area contributed by atoms with Crippen LogP contribution in [0.5, 0.6) is 11.5 Å². The molecule has 0 heterocycles. The van der Waals surface area contributed by atoms with Gasteiger partial charge < -0.3 is 4.74 Å². The highest BCUT2D eigenvalue weighted by molar-refractivity contribution is 5.79. The highest BCUT2D eigenvalue weighted by Gasteiger charge is 2.08. The van der Waals surface area contributed by atoms with E-state index in [0.29, 0.717) is 17.6 Å². The van der Waals surface area contributed by atoms with Crippen molar-refractivity contribution in [2.24, 2.45) is 0 Å². The lowest BCUT2D eigenvalue weighted by atomic mass is 10.1. The minimum Gasteiger partial charge on any atom is -0.454 e. The standard InChI is InChI=1S/C15H13FO2/c1-10-4-6-14(12(7-10)9-17)18-15-8-11(2)3-5-13(15)16/h3-9H,1-2H3. The van der Waals surface area contributed by atoms with Crippen LogP contribution in [0.3, 0.4) is 0 Å². The molecule has 2 aromatic carbocycles. The molecule has 0 bridgehead atoms. The second kappa shape index (κ2) is 5.00. The van der Waals surface area contributed by atoms with Crippen LogP contribution < -0.4 is 4.74 Å². The molecule has 0 spiro atoms. The fourth-order valence-electron chi connectivity index (χ4n) is 1.66. The van der Waals surface area contributed by atoms with Crippen molar-refractivity contribution >= 4 is 6.29 Å². The number of aryl methyl sites for hydroxylation is 2. The van der Waals surface area contributed by atoms with E-state index in [1.807, 2.05) is 19.9 Å². The van der Waals surface area contributed by atoms with Crippen LogP contribution in [-0.2, 0) is 0 Å². The third-order valence-corrected chi connectivity index (χ3v) is 2.60. The average Bonchev–Trinajstić information content (AvgIpc) is 2.36. The summed E-state index contributed by atoms with van der Waals surface area (Å²) in [6, 6.07) is 9.80. The van der Waals surface area contributed by atoms with E-state index in [1.165, 1.54) is 6.07 Å². The molecule has 18 heavy (non-hydrogen) atoms. The number of ether oxygens (including phenoxy) is 1. The van der Waals surface area contributed by atoms with Crippen LogP contribution in [0.15, 0.2) is 36.4 Å². The molecule has 0 amide bonds. The number of aldehydes is 1. The molecule has 2 rings (SSSR count). The Kier molecular flexibility index (Phi) is 3.42. The summed E-state index contributed by atoms with van der Waals surface area (Å²) in [4.78, 5) is 10.9. The fraction of sp³-hybridized carbons (Fsp3) is 0.133. The number of hydrogen-bond donors (Lipinski definition) is 0. The highest BCUT2D eigenvalue weighted by Crippen LogP contribution is 2.28. The summed E-state index contributed by atoms with van der Waals surface area (Å²) in [5.74, 6) is 0.0417. The first-order valence-electron chi connectivity index (χ1n) is 5.60. The SMILES string of the molecule is Cc1ccc(Oc2cc(C)ccc2F)c(C=O)c1. The van der Waals surface area contributed by atoms with Crippen molar-refractivity contribution in [3.63, 3.8) is 0 Å². The lowest BCUT2D eigenvalue weighted by molar-refractivity contribution is 0.112. The Morgan fingerprint density at radius 3 is 2.39 bits per heavy atom. The fourth-order valence-corrected chi connectivity index (χ4v) is 1.66. The lowest BCUT2D eigenvalue weighted by Crippen LogP contribution is -1.94. The molecule has 2 nitrogen and oxygen atoms in total. The van der Waals surface area contributed by atoms with Crippen LogP contribution in [-0.4, -0.2) is 6.29 Å². The van der Waals surface area contributed by atoms with Crippen molar-refractivity contribution in [3.05, 3.63) is 58.9 Å². The summed E-state index contributed by atoms with van der Waals surface area (Å²) in [6.07, 6.45) is 0.704. The van der Waals surface area contributed by atoms with E-state index >= 15 is 0 Å². The first-order valence-corrected chi connectivity index (χ1v) is 5.60. The van der Waals surface area contributed by atoms with Crippen LogP contribution in [0.2, 0.25) is 0 Å². The van der Waals surface area contributed by atoms with Gasteiger partial charge >= 0.3 is 0 Å². The van der Waals surface area contributed by atoms with E-state index in [2.05, 4.69) is 0 Å². The van der Waals surface area contributed by atoms with Gasteiger partial charge in [0.1, 0.15) is 5.75 Å². The van der Waals surface area contributed by atoms with Gasteiger partial charge in [-0.1, -0.05) is 17.7 Å². The lowest BCUT2D eigenvalue weighted by Gasteiger charge is -2.10. The summed E-state index contributed by atoms with van der Waals surface area (Å²) >= 11 is 0. The van der Waals surface area contributed by atoms with Gasteiger partial charge in [0.25, 0.3) is 0 Å². The Morgan fingerprint density at radius 1 is 1.00 bits per heavy atom. The molecular formula is C15H13FO2. The number of benzene rings is 2. The molecule has 0 aliphatic carbocycles. The molecule has 0 fully saturated rings. The molecule has 0 aliphatic rings. The van der Waals surface area contributed by atoms with Gasteiger partial charge in [-0.2, -0.15) is 0 Å². The molecule has 0 unspecified atom stereocenters. The van der Waals surface area contributed by atoms with Crippen molar-refractivity contribution in [1.82, 2.24) is 0 Å². The van der Waals surface area contributed by atoms with Crippen molar-refractivity contribution < 1.29 is 13.9 Å². The summed E-state index contributed by atoms with van der Waals surface area (Å²) in [6.45, 7) is 3.73. The normalized spacial score (nSPS) is 10.2. The Balaban J connectivity index is 2.39. The number of rotatable bonds is 3. The van der Waals surface area contributed by atoms with Gasteiger partial charge in [0.2, 0.25) is 0 Å². The molecule has 92 valence electrons. The third-order valence-electron chi connectivity index (χ3n) is 2.60. The molecule has 0 atom stereocenters. The van der Waals surface area contributed by atoms with E-state index in [1.54, 1.807) is 24.3 Å². The summed E-state index contributed by atoms with van der Waals surface area (Å²) in [5, 5.41) is 0. The Hall–Kier alpha value is -2.16. The van der Waals surface area contributed by atoms with Gasteiger partial charge in [0.15, 0.2) is 17.9 Å². The van der Waals surface area contributed by atoms with Crippen molar-refractivity contribution in [2.45, 2.75) is 13.8 Å². The quantitative estimate of drug-likeness (QED) is 0.761. The summed E-state index contributed by atoms with van der Waals surface area (Å²) in [7, 11) is 0. The van der Waals surface area contributed by atoms with Gasteiger partial charge in [-0.25, -0.2) is 4.39 Å². The Labute approximate surface area is 105 Å². The van der Waals surface area contributed by atoms with Crippen LogP contribution >= 0.6 is 0 Å². The van der Waals surface area contributed by atoms with Gasteiger partial charge in [-0.3, -0.25) is 4.79 Å². The second-order valence-electron chi connectivity index (χ2n) is 4.20. The average molecular weight is 244 g/mol. The van der Waals surface area contributed by atoms with Gasteiger partial charge in [0, 0.05) is 0 Å². The molecule has 0 saturated heterocycles. The zero-order valence-corrected chi connectivity index (χ0v) is 10.2. The van der Waals surface area contributed by atoms with Crippen LogP contribution in [0.1, 0.15) is 21.5 Å². The van der Waals surface area contributed by atoms with Crippen molar-refractivity contribution in [1.29, 1.82) is 0 Å².